The van der Waals surface area contributed by atoms with Crippen LogP contribution in [0, 0.1) is 17.2 Å². The number of hydrogen-bond donors (Lipinski definition) is 1. The van der Waals surface area contributed by atoms with E-state index in [1.165, 1.54) is 0 Å². The summed E-state index contributed by atoms with van der Waals surface area (Å²) in [6.45, 7) is 5.35. The van der Waals surface area contributed by atoms with Gasteiger partial charge in [-0.05, 0) is 26.3 Å². The predicted molar refractivity (Wildman–Crippen MR) is 57.3 cm³/mol. The molecule has 0 aromatic rings. The zero-order chi connectivity index (χ0) is 11.1. The Kier molecular flexibility index (Phi) is 5.62. The van der Waals surface area contributed by atoms with Crippen LogP contribution >= 0.6 is 0 Å². The van der Waals surface area contributed by atoms with Gasteiger partial charge in [0.1, 0.15) is 0 Å². The van der Waals surface area contributed by atoms with Crippen molar-refractivity contribution in [3.8, 4) is 6.07 Å². The molecule has 1 rings (SSSR count). The number of piperidine rings is 1. The van der Waals surface area contributed by atoms with E-state index in [0.717, 1.165) is 25.9 Å². The van der Waals surface area contributed by atoms with Crippen molar-refractivity contribution in [3.63, 3.8) is 0 Å². The third kappa shape index (κ3) is 4.61. The van der Waals surface area contributed by atoms with E-state index in [4.69, 9.17) is 10.00 Å². The van der Waals surface area contributed by atoms with Gasteiger partial charge in [0.25, 0.3) is 0 Å². The molecule has 0 spiro atoms. The van der Waals surface area contributed by atoms with Crippen molar-refractivity contribution in [2.45, 2.75) is 25.9 Å². The molecule has 0 bridgehead atoms. The Morgan fingerprint density at radius 2 is 2.47 bits per heavy atom. The molecule has 2 atom stereocenters. The van der Waals surface area contributed by atoms with E-state index >= 15 is 0 Å². The Hall–Kier alpha value is -0.630. The average Bonchev–Trinajstić information content (AvgIpc) is 2.26. The standard InChI is InChI=1S/C11H20N2O2/c1-2-15-9-11(14)8-13-5-3-4-10(6-12)7-13/h10-11,14H,2-5,7-9H2,1H3. The maximum atomic E-state index is 9.64. The highest BCUT2D eigenvalue weighted by Gasteiger charge is 2.21. The maximum Gasteiger partial charge on any atom is 0.0900 e. The van der Waals surface area contributed by atoms with E-state index in [-0.39, 0.29) is 5.92 Å². The quantitative estimate of drug-likeness (QED) is 0.726. The molecule has 1 fully saturated rings. The Bertz CT molecular complexity index is 215. The van der Waals surface area contributed by atoms with Gasteiger partial charge in [-0.2, -0.15) is 5.26 Å². The molecule has 0 saturated carbocycles. The average molecular weight is 212 g/mol. The molecule has 1 N–H and O–H groups in total. The highest BCUT2D eigenvalue weighted by Crippen LogP contribution is 2.15. The summed E-state index contributed by atoms with van der Waals surface area (Å²) in [5.41, 5.74) is 0. The molecular weight excluding hydrogens is 192 g/mol. The summed E-state index contributed by atoms with van der Waals surface area (Å²) < 4.78 is 5.15. The van der Waals surface area contributed by atoms with E-state index in [1.807, 2.05) is 6.92 Å². The molecular formula is C11H20N2O2. The third-order valence-corrected chi connectivity index (χ3v) is 2.67. The number of nitrogens with zero attached hydrogens (tertiary/aromatic N) is 2. The number of β-amino-alcohol motifs (C(OH)–C–C–N with tert-alkyl or cyclic N) is 1. The first-order chi connectivity index (χ1) is 7.26. The van der Waals surface area contributed by atoms with Gasteiger partial charge in [0.15, 0.2) is 0 Å². The molecule has 0 amide bonds. The first kappa shape index (κ1) is 12.4. The van der Waals surface area contributed by atoms with E-state index in [1.54, 1.807) is 0 Å². The summed E-state index contributed by atoms with van der Waals surface area (Å²) in [5.74, 6) is 0.137. The van der Waals surface area contributed by atoms with Gasteiger partial charge in [0.2, 0.25) is 0 Å². The molecule has 0 radical (unpaired) electrons. The summed E-state index contributed by atoms with van der Waals surface area (Å²) in [7, 11) is 0. The predicted octanol–water partition coefficient (Wildman–Crippen LogP) is 0.619. The van der Waals surface area contributed by atoms with Crippen molar-refractivity contribution >= 4 is 0 Å². The van der Waals surface area contributed by atoms with Crippen LogP contribution in [0.1, 0.15) is 19.8 Å². The van der Waals surface area contributed by atoms with E-state index in [0.29, 0.717) is 19.8 Å². The summed E-state index contributed by atoms with van der Waals surface area (Å²) in [6.07, 6.45) is 1.62. The van der Waals surface area contributed by atoms with Crippen LogP contribution in [-0.2, 0) is 4.74 Å². The zero-order valence-corrected chi connectivity index (χ0v) is 9.35. The first-order valence-corrected chi connectivity index (χ1v) is 5.64. The Morgan fingerprint density at radius 3 is 3.13 bits per heavy atom. The van der Waals surface area contributed by atoms with Gasteiger partial charge >= 0.3 is 0 Å². The summed E-state index contributed by atoms with van der Waals surface area (Å²) in [5, 5.41) is 18.5. The van der Waals surface area contributed by atoms with E-state index in [2.05, 4.69) is 11.0 Å². The number of hydrogen-bond acceptors (Lipinski definition) is 4. The summed E-state index contributed by atoms with van der Waals surface area (Å²) in [4.78, 5) is 2.15. The number of rotatable bonds is 5. The van der Waals surface area contributed by atoms with Crippen molar-refractivity contribution < 1.29 is 9.84 Å². The van der Waals surface area contributed by atoms with Crippen LogP contribution in [0.2, 0.25) is 0 Å². The van der Waals surface area contributed by atoms with Gasteiger partial charge in [0, 0.05) is 19.7 Å². The zero-order valence-electron chi connectivity index (χ0n) is 9.35. The largest absolute Gasteiger partial charge is 0.389 e. The molecule has 1 aliphatic rings. The van der Waals surface area contributed by atoms with Crippen LogP contribution in [0.3, 0.4) is 0 Å². The lowest BCUT2D eigenvalue weighted by atomic mass is 9.99. The van der Waals surface area contributed by atoms with E-state index < -0.39 is 6.10 Å². The minimum Gasteiger partial charge on any atom is -0.389 e. The molecule has 2 unspecified atom stereocenters. The molecule has 1 aliphatic heterocycles. The minimum absolute atomic E-state index is 0.137. The number of aliphatic hydroxyl groups is 1. The van der Waals surface area contributed by atoms with Crippen LogP contribution in [0.15, 0.2) is 0 Å². The second-order valence-electron chi connectivity index (χ2n) is 4.04. The molecule has 86 valence electrons. The van der Waals surface area contributed by atoms with Crippen LogP contribution < -0.4 is 0 Å². The van der Waals surface area contributed by atoms with Crippen molar-refractivity contribution in [3.05, 3.63) is 0 Å². The number of aliphatic hydroxyl groups excluding tert-OH is 1. The van der Waals surface area contributed by atoms with Gasteiger partial charge in [-0.3, -0.25) is 4.90 Å². The Morgan fingerprint density at radius 1 is 1.67 bits per heavy atom. The molecule has 1 saturated heterocycles. The van der Waals surface area contributed by atoms with Gasteiger partial charge in [0.05, 0.1) is 24.7 Å². The molecule has 15 heavy (non-hydrogen) atoms. The normalized spacial score (nSPS) is 24.7. The van der Waals surface area contributed by atoms with E-state index in [9.17, 15) is 5.11 Å². The van der Waals surface area contributed by atoms with Gasteiger partial charge in [-0.15, -0.1) is 0 Å². The van der Waals surface area contributed by atoms with Crippen molar-refractivity contribution in [2.75, 3.05) is 32.8 Å². The van der Waals surface area contributed by atoms with Crippen molar-refractivity contribution in [1.29, 1.82) is 5.26 Å². The summed E-state index contributed by atoms with van der Waals surface area (Å²) >= 11 is 0. The lowest BCUT2D eigenvalue weighted by Gasteiger charge is -2.30. The third-order valence-electron chi connectivity index (χ3n) is 2.67. The molecule has 0 aromatic heterocycles. The fourth-order valence-corrected chi connectivity index (χ4v) is 1.93. The highest BCUT2D eigenvalue weighted by molar-refractivity contribution is 4.88. The Balaban J connectivity index is 2.22. The van der Waals surface area contributed by atoms with Gasteiger partial charge in [-0.25, -0.2) is 0 Å². The van der Waals surface area contributed by atoms with Crippen LogP contribution in [0.25, 0.3) is 0 Å². The smallest absolute Gasteiger partial charge is 0.0900 e. The number of likely N-dealkylation sites (tertiary alicyclic amines) is 1. The molecule has 4 heteroatoms. The van der Waals surface area contributed by atoms with Crippen LogP contribution in [-0.4, -0.2) is 49.0 Å². The monoisotopic (exact) mass is 212 g/mol. The lowest BCUT2D eigenvalue weighted by Crippen LogP contribution is -2.41. The van der Waals surface area contributed by atoms with Crippen LogP contribution in [0.4, 0.5) is 0 Å². The van der Waals surface area contributed by atoms with Gasteiger partial charge < -0.3 is 9.84 Å². The molecule has 1 heterocycles. The lowest BCUT2D eigenvalue weighted by molar-refractivity contribution is 0.0153. The maximum absolute atomic E-state index is 9.64. The Labute approximate surface area is 91.4 Å². The molecule has 4 nitrogen and oxygen atoms in total. The first-order valence-electron chi connectivity index (χ1n) is 5.64. The van der Waals surface area contributed by atoms with Crippen molar-refractivity contribution in [1.82, 2.24) is 4.90 Å². The topological polar surface area (TPSA) is 56.5 Å². The van der Waals surface area contributed by atoms with Crippen molar-refractivity contribution in [2.24, 2.45) is 5.92 Å². The second-order valence-corrected chi connectivity index (χ2v) is 4.04. The molecule has 0 aromatic carbocycles. The second kappa shape index (κ2) is 6.78. The SMILES string of the molecule is CCOCC(O)CN1CCCC(C#N)C1. The molecule has 0 aliphatic carbocycles. The fraction of sp³-hybridized carbons (Fsp3) is 0.909. The number of ether oxygens (including phenoxy) is 1. The van der Waals surface area contributed by atoms with Crippen LogP contribution in [0.5, 0.6) is 0 Å². The summed E-state index contributed by atoms with van der Waals surface area (Å²) in [6, 6.07) is 2.30. The number of nitriles is 1. The van der Waals surface area contributed by atoms with Gasteiger partial charge in [-0.1, -0.05) is 0 Å². The highest BCUT2D eigenvalue weighted by atomic mass is 16.5. The fourth-order valence-electron chi connectivity index (χ4n) is 1.93. The minimum atomic E-state index is -0.428.